The summed E-state index contributed by atoms with van der Waals surface area (Å²) in [5.41, 5.74) is 13.0. The normalized spacial score (nSPS) is 12.4. The van der Waals surface area contributed by atoms with Crippen LogP contribution in [0.3, 0.4) is 0 Å². The zero-order valence-electron chi connectivity index (χ0n) is 21.6. The van der Waals surface area contributed by atoms with E-state index in [9.17, 15) is 5.26 Å². The van der Waals surface area contributed by atoms with Crippen LogP contribution in [0.4, 0.5) is 0 Å². The highest BCUT2D eigenvalue weighted by molar-refractivity contribution is 6.10. The first-order valence-corrected chi connectivity index (χ1v) is 13.5. The molecule has 0 N–H and O–H groups in total. The molecule has 0 aliphatic heterocycles. The molecule has 8 rings (SSSR count). The second kappa shape index (κ2) is 8.83. The Hall–Kier alpha value is -5.39. The Bertz CT molecular complexity index is 2080. The van der Waals surface area contributed by atoms with Crippen LogP contribution in [0.1, 0.15) is 28.2 Å². The maximum Gasteiger partial charge on any atom is 0.143 e. The van der Waals surface area contributed by atoms with Gasteiger partial charge in [-0.1, -0.05) is 109 Å². The minimum absolute atomic E-state index is 0.0892. The fourth-order valence-corrected chi connectivity index (χ4v) is 6.39. The first kappa shape index (κ1) is 22.6. The summed E-state index contributed by atoms with van der Waals surface area (Å²) >= 11 is 0. The Morgan fingerprint density at radius 2 is 1.23 bits per heavy atom. The first-order chi connectivity index (χ1) is 19.8. The van der Waals surface area contributed by atoms with Crippen LogP contribution in [0, 0.1) is 11.3 Å². The molecule has 0 saturated carbocycles. The summed E-state index contributed by atoms with van der Waals surface area (Å²) < 4.78 is 6.40. The van der Waals surface area contributed by atoms with E-state index in [1.54, 1.807) is 0 Å². The molecule has 0 unspecified atom stereocenters. The number of furan rings is 1. The summed E-state index contributed by atoms with van der Waals surface area (Å²) in [6.45, 7) is 0. The highest BCUT2D eigenvalue weighted by atomic mass is 16.3. The smallest absolute Gasteiger partial charge is 0.143 e. The van der Waals surface area contributed by atoms with Gasteiger partial charge >= 0.3 is 0 Å². The number of rotatable bonds is 3. The average molecular weight is 510 g/mol. The van der Waals surface area contributed by atoms with Crippen LogP contribution in [-0.2, 0) is 0 Å². The molecule has 186 valence electrons. The molecular formula is C38H23NO. The van der Waals surface area contributed by atoms with Crippen molar-refractivity contribution in [2.24, 2.45) is 0 Å². The summed E-state index contributed by atoms with van der Waals surface area (Å²) in [5.74, 6) is 0.0892. The maximum absolute atomic E-state index is 10.0. The fraction of sp³-hybridized carbons (Fsp3) is 0.0263. The number of hydrogen-bond donors (Lipinski definition) is 0. The molecule has 0 amide bonds. The minimum Gasteiger partial charge on any atom is -0.455 e. The third-order valence-corrected chi connectivity index (χ3v) is 8.17. The third kappa shape index (κ3) is 3.42. The summed E-state index contributed by atoms with van der Waals surface area (Å²) in [6.07, 6.45) is 0. The Labute approximate surface area is 232 Å². The molecule has 2 heteroatoms. The Morgan fingerprint density at radius 1 is 0.525 bits per heavy atom. The molecule has 40 heavy (non-hydrogen) atoms. The Kier molecular flexibility index (Phi) is 4.99. The molecule has 6 aromatic carbocycles. The van der Waals surface area contributed by atoms with Crippen molar-refractivity contribution >= 4 is 21.9 Å². The van der Waals surface area contributed by atoms with Crippen molar-refractivity contribution in [3.8, 4) is 39.4 Å². The second-order valence-electron chi connectivity index (χ2n) is 10.4. The lowest BCUT2D eigenvalue weighted by Crippen LogP contribution is -2.00. The van der Waals surface area contributed by atoms with Gasteiger partial charge in [0.2, 0.25) is 0 Å². The molecule has 0 radical (unpaired) electrons. The van der Waals surface area contributed by atoms with Crippen LogP contribution in [0.2, 0.25) is 0 Å². The number of fused-ring (bicyclic) bond motifs is 6. The topological polar surface area (TPSA) is 36.9 Å². The molecular weight excluding hydrogens is 486 g/mol. The quantitative estimate of drug-likeness (QED) is 0.238. The number of hydrogen-bond acceptors (Lipinski definition) is 2. The van der Waals surface area contributed by atoms with Crippen LogP contribution in [0.25, 0.3) is 55.3 Å². The molecule has 0 atom stereocenters. The van der Waals surface area contributed by atoms with E-state index >= 15 is 0 Å². The van der Waals surface area contributed by atoms with Gasteiger partial charge in [0, 0.05) is 22.3 Å². The summed E-state index contributed by atoms with van der Waals surface area (Å²) in [7, 11) is 0. The average Bonchev–Trinajstić information content (AvgIpc) is 3.57. The standard InChI is InChI=1S/C38H23NO/c39-23-24-19-27(21-28(20-24)37-32-13-6-4-11-30(32)31-12-5-7-14-33(31)37)26-17-18-36-35(22-26)34-16-8-15-29(38(34)40-36)25-9-2-1-3-10-25/h1-22,37H. The number of para-hydroxylation sites is 1. The van der Waals surface area contributed by atoms with Gasteiger partial charge < -0.3 is 4.42 Å². The van der Waals surface area contributed by atoms with Crippen molar-refractivity contribution < 1.29 is 4.42 Å². The molecule has 2 nitrogen and oxygen atoms in total. The van der Waals surface area contributed by atoms with Crippen molar-refractivity contribution in [2.45, 2.75) is 5.92 Å². The molecule has 1 aliphatic rings. The van der Waals surface area contributed by atoms with Crippen LogP contribution in [0.5, 0.6) is 0 Å². The number of benzene rings is 6. The van der Waals surface area contributed by atoms with E-state index in [-0.39, 0.29) is 5.92 Å². The molecule has 0 spiro atoms. The van der Waals surface area contributed by atoms with E-state index in [0.717, 1.165) is 49.8 Å². The van der Waals surface area contributed by atoms with Crippen molar-refractivity contribution in [2.75, 3.05) is 0 Å². The lowest BCUT2D eigenvalue weighted by atomic mass is 9.86. The van der Waals surface area contributed by atoms with Gasteiger partial charge in [-0.15, -0.1) is 0 Å². The van der Waals surface area contributed by atoms with Gasteiger partial charge in [0.1, 0.15) is 11.2 Å². The molecule has 1 aliphatic carbocycles. The maximum atomic E-state index is 10.0. The zero-order chi connectivity index (χ0) is 26.6. The van der Waals surface area contributed by atoms with Crippen LogP contribution in [-0.4, -0.2) is 0 Å². The van der Waals surface area contributed by atoms with Gasteiger partial charge in [0.05, 0.1) is 11.6 Å². The predicted octanol–water partition coefficient (Wildman–Crippen LogP) is 9.95. The van der Waals surface area contributed by atoms with Crippen molar-refractivity contribution in [3.63, 3.8) is 0 Å². The van der Waals surface area contributed by atoms with Crippen molar-refractivity contribution in [1.82, 2.24) is 0 Å². The lowest BCUT2D eigenvalue weighted by molar-refractivity contribution is 0.670. The lowest BCUT2D eigenvalue weighted by Gasteiger charge is -2.16. The highest BCUT2D eigenvalue weighted by Gasteiger charge is 2.29. The molecule has 0 bridgehead atoms. The van der Waals surface area contributed by atoms with Gasteiger partial charge in [-0.05, 0) is 68.8 Å². The Morgan fingerprint density at radius 3 is 1.98 bits per heavy atom. The molecule has 0 fully saturated rings. The zero-order valence-corrected chi connectivity index (χ0v) is 21.6. The summed E-state index contributed by atoms with van der Waals surface area (Å²) in [4.78, 5) is 0. The van der Waals surface area contributed by atoms with Crippen molar-refractivity contribution in [3.05, 3.63) is 156 Å². The van der Waals surface area contributed by atoms with Crippen molar-refractivity contribution in [1.29, 1.82) is 5.26 Å². The fourth-order valence-electron chi connectivity index (χ4n) is 6.39. The SMILES string of the molecule is N#Cc1cc(-c2ccc3oc4c(-c5ccccc5)cccc4c3c2)cc(C2c3ccccc3-c3ccccc32)c1. The summed E-state index contributed by atoms with van der Waals surface area (Å²) in [5, 5.41) is 12.2. The summed E-state index contributed by atoms with van der Waals surface area (Å²) in [6, 6.07) is 49.0. The largest absolute Gasteiger partial charge is 0.455 e. The number of nitriles is 1. The third-order valence-electron chi connectivity index (χ3n) is 8.17. The van der Waals surface area contributed by atoms with Gasteiger partial charge in [0.15, 0.2) is 0 Å². The van der Waals surface area contributed by atoms with Crippen LogP contribution >= 0.6 is 0 Å². The van der Waals surface area contributed by atoms with Gasteiger partial charge in [0.25, 0.3) is 0 Å². The first-order valence-electron chi connectivity index (χ1n) is 13.5. The minimum atomic E-state index is 0.0892. The van der Waals surface area contributed by atoms with Crippen LogP contribution < -0.4 is 0 Å². The second-order valence-corrected chi connectivity index (χ2v) is 10.4. The predicted molar refractivity (Wildman–Crippen MR) is 162 cm³/mol. The van der Waals surface area contributed by atoms with Gasteiger partial charge in [-0.3, -0.25) is 0 Å². The van der Waals surface area contributed by atoms with E-state index in [2.05, 4.69) is 121 Å². The van der Waals surface area contributed by atoms with E-state index in [1.165, 1.54) is 22.3 Å². The van der Waals surface area contributed by atoms with E-state index in [4.69, 9.17) is 4.42 Å². The van der Waals surface area contributed by atoms with Gasteiger partial charge in [-0.25, -0.2) is 0 Å². The van der Waals surface area contributed by atoms with Gasteiger partial charge in [-0.2, -0.15) is 5.26 Å². The van der Waals surface area contributed by atoms with E-state index < -0.39 is 0 Å². The van der Waals surface area contributed by atoms with E-state index in [0.29, 0.717) is 5.56 Å². The van der Waals surface area contributed by atoms with E-state index in [1.807, 2.05) is 18.2 Å². The highest BCUT2D eigenvalue weighted by Crippen LogP contribution is 2.48. The van der Waals surface area contributed by atoms with Crippen LogP contribution in [0.15, 0.2) is 138 Å². The monoisotopic (exact) mass is 509 g/mol. The molecule has 1 heterocycles. The molecule has 0 saturated heterocycles. The number of nitrogens with zero attached hydrogens (tertiary/aromatic N) is 1. The molecule has 1 aromatic heterocycles. The molecule has 7 aromatic rings. The Balaban J connectivity index is 1.30.